The number of nitriles is 1. The highest BCUT2D eigenvalue weighted by Gasteiger charge is 2.34. The summed E-state index contributed by atoms with van der Waals surface area (Å²) < 4.78 is 4.98. The van der Waals surface area contributed by atoms with E-state index in [4.69, 9.17) is 4.74 Å². The van der Waals surface area contributed by atoms with E-state index in [-0.39, 0.29) is 5.97 Å². The van der Waals surface area contributed by atoms with Crippen molar-refractivity contribution < 1.29 is 9.53 Å². The topological polar surface area (TPSA) is 50.1 Å². The molecule has 3 heteroatoms. The highest BCUT2D eigenvalue weighted by Crippen LogP contribution is 2.36. The molecule has 0 aliphatic rings. The van der Waals surface area contributed by atoms with Crippen molar-refractivity contribution in [1.29, 1.82) is 5.26 Å². The molecule has 0 spiro atoms. The minimum Gasteiger partial charge on any atom is -0.466 e. The Morgan fingerprint density at radius 2 is 1.57 bits per heavy atom. The van der Waals surface area contributed by atoms with Crippen LogP contribution in [0.3, 0.4) is 0 Å². The summed E-state index contributed by atoms with van der Waals surface area (Å²) in [6, 6.07) is 22.0. The number of hydrogen-bond acceptors (Lipinski definition) is 3. The van der Waals surface area contributed by atoms with E-state index in [1.54, 1.807) is 6.92 Å². The van der Waals surface area contributed by atoms with E-state index in [9.17, 15) is 10.1 Å². The van der Waals surface area contributed by atoms with E-state index in [1.165, 1.54) is 0 Å². The largest absolute Gasteiger partial charge is 0.466 e. The second-order valence-corrected chi connectivity index (χ2v) is 5.41. The van der Waals surface area contributed by atoms with E-state index in [0.717, 1.165) is 11.1 Å². The number of ether oxygens (including phenoxy) is 1. The van der Waals surface area contributed by atoms with Gasteiger partial charge in [-0.15, -0.1) is 0 Å². The third-order valence-electron chi connectivity index (χ3n) is 3.96. The fourth-order valence-electron chi connectivity index (χ4n) is 2.82. The predicted octanol–water partition coefficient (Wildman–Crippen LogP) is 4.23. The van der Waals surface area contributed by atoms with Gasteiger partial charge in [0.15, 0.2) is 0 Å². The lowest BCUT2D eigenvalue weighted by atomic mass is 9.72. The summed E-state index contributed by atoms with van der Waals surface area (Å²) >= 11 is 0. The van der Waals surface area contributed by atoms with E-state index in [2.05, 4.69) is 6.07 Å². The van der Waals surface area contributed by atoms with E-state index >= 15 is 0 Å². The number of rotatable bonds is 7. The van der Waals surface area contributed by atoms with Crippen LogP contribution in [-0.4, -0.2) is 12.6 Å². The van der Waals surface area contributed by atoms with Crippen LogP contribution < -0.4 is 0 Å². The van der Waals surface area contributed by atoms with Crippen molar-refractivity contribution in [3.05, 3.63) is 71.8 Å². The lowest BCUT2D eigenvalue weighted by Gasteiger charge is -2.28. The third-order valence-corrected chi connectivity index (χ3v) is 3.96. The van der Waals surface area contributed by atoms with Crippen LogP contribution in [0, 0.1) is 11.3 Å². The first-order valence-electron chi connectivity index (χ1n) is 7.91. The molecule has 0 bridgehead atoms. The molecule has 0 atom stereocenters. The molecule has 118 valence electrons. The molecule has 0 unspecified atom stereocenters. The van der Waals surface area contributed by atoms with Crippen LogP contribution in [0.4, 0.5) is 0 Å². The van der Waals surface area contributed by atoms with Crippen molar-refractivity contribution in [2.75, 3.05) is 6.61 Å². The Bertz CT molecular complexity index is 620. The number of carbonyl (C=O) groups excluding carboxylic acids is 1. The summed E-state index contributed by atoms with van der Waals surface area (Å²) in [5, 5.41) is 9.99. The molecule has 3 nitrogen and oxygen atoms in total. The lowest BCUT2D eigenvalue weighted by Crippen LogP contribution is -2.26. The van der Waals surface area contributed by atoms with Gasteiger partial charge in [0.2, 0.25) is 0 Å². The normalized spacial score (nSPS) is 10.8. The van der Waals surface area contributed by atoms with Gasteiger partial charge < -0.3 is 4.74 Å². The Morgan fingerprint density at radius 3 is 2.00 bits per heavy atom. The molecule has 2 aromatic carbocycles. The molecule has 0 saturated heterocycles. The second-order valence-electron chi connectivity index (χ2n) is 5.41. The Hall–Kier alpha value is -2.60. The van der Waals surface area contributed by atoms with Crippen molar-refractivity contribution >= 4 is 5.97 Å². The van der Waals surface area contributed by atoms with Gasteiger partial charge in [0.05, 0.1) is 12.7 Å². The minimum atomic E-state index is -0.741. The van der Waals surface area contributed by atoms with Gasteiger partial charge >= 0.3 is 5.97 Å². The first kappa shape index (κ1) is 16.8. The highest BCUT2D eigenvalue weighted by atomic mass is 16.5. The molecule has 0 aliphatic heterocycles. The summed E-state index contributed by atoms with van der Waals surface area (Å²) in [6.07, 6.45) is 1.52. The van der Waals surface area contributed by atoms with E-state index in [1.807, 2.05) is 60.7 Å². The molecule has 0 saturated carbocycles. The van der Waals surface area contributed by atoms with Crippen molar-refractivity contribution in [1.82, 2.24) is 0 Å². The standard InChI is InChI=1S/C20H21NO2/c1-2-23-19(22)14-9-15-20(16-21,17-10-5-3-6-11-17)18-12-7-4-8-13-18/h3-8,10-13H,2,9,14-15H2,1H3. The monoisotopic (exact) mass is 307 g/mol. The molecule has 2 rings (SSSR count). The van der Waals surface area contributed by atoms with E-state index in [0.29, 0.717) is 25.9 Å². The van der Waals surface area contributed by atoms with Gasteiger partial charge in [-0.3, -0.25) is 4.79 Å². The average molecular weight is 307 g/mol. The number of nitrogens with zero attached hydrogens (tertiary/aromatic N) is 1. The minimum absolute atomic E-state index is 0.208. The number of hydrogen-bond donors (Lipinski definition) is 0. The zero-order chi connectivity index (χ0) is 16.5. The van der Waals surface area contributed by atoms with Gasteiger partial charge in [0.1, 0.15) is 5.41 Å². The van der Waals surface area contributed by atoms with Gasteiger partial charge in [-0.05, 0) is 30.9 Å². The van der Waals surface area contributed by atoms with Crippen molar-refractivity contribution in [2.45, 2.75) is 31.6 Å². The van der Waals surface area contributed by atoms with Gasteiger partial charge in [0.25, 0.3) is 0 Å². The number of esters is 1. The van der Waals surface area contributed by atoms with Gasteiger partial charge in [-0.1, -0.05) is 60.7 Å². The zero-order valence-corrected chi connectivity index (χ0v) is 13.4. The summed E-state index contributed by atoms with van der Waals surface area (Å²) in [4.78, 5) is 11.6. The van der Waals surface area contributed by atoms with Gasteiger partial charge in [0, 0.05) is 6.42 Å². The second kappa shape index (κ2) is 8.14. The van der Waals surface area contributed by atoms with Crippen LogP contribution in [0.25, 0.3) is 0 Å². The van der Waals surface area contributed by atoms with Gasteiger partial charge in [-0.2, -0.15) is 5.26 Å². The fraction of sp³-hybridized carbons (Fsp3) is 0.300. The molecule has 0 amide bonds. The maximum absolute atomic E-state index is 11.6. The SMILES string of the molecule is CCOC(=O)CCCC(C#N)(c1ccccc1)c1ccccc1. The molecular weight excluding hydrogens is 286 g/mol. The molecular formula is C20H21NO2. The van der Waals surface area contributed by atoms with Crippen molar-refractivity contribution in [2.24, 2.45) is 0 Å². The summed E-state index contributed by atoms with van der Waals surface area (Å²) in [5.74, 6) is -0.208. The van der Waals surface area contributed by atoms with Crippen molar-refractivity contribution in [3.63, 3.8) is 0 Å². The van der Waals surface area contributed by atoms with Crippen LogP contribution in [0.2, 0.25) is 0 Å². The van der Waals surface area contributed by atoms with E-state index < -0.39 is 5.41 Å². The quantitative estimate of drug-likeness (QED) is 0.719. The highest BCUT2D eigenvalue weighted by molar-refractivity contribution is 5.69. The predicted molar refractivity (Wildman–Crippen MR) is 89.8 cm³/mol. The summed E-state index contributed by atoms with van der Waals surface area (Å²) in [7, 11) is 0. The number of benzene rings is 2. The molecule has 0 fully saturated rings. The number of carbonyl (C=O) groups is 1. The average Bonchev–Trinajstić information content (AvgIpc) is 2.61. The summed E-state index contributed by atoms with van der Waals surface area (Å²) in [5.41, 5.74) is 1.17. The Balaban J connectivity index is 2.29. The Labute approximate surface area is 137 Å². The molecule has 0 radical (unpaired) electrons. The smallest absolute Gasteiger partial charge is 0.305 e. The molecule has 0 aromatic heterocycles. The molecule has 2 aromatic rings. The zero-order valence-electron chi connectivity index (χ0n) is 13.4. The first-order chi connectivity index (χ1) is 11.2. The fourth-order valence-corrected chi connectivity index (χ4v) is 2.82. The third kappa shape index (κ3) is 3.98. The lowest BCUT2D eigenvalue weighted by molar-refractivity contribution is -0.143. The molecule has 0 N–H and O–H groups in total. The Morgan fingerprint density at radius 1 is 1.04 bits per heavy atom. The maximum atomic E-state index is 11.6. The first-order valence-corrected chi connectivity index (χ1v) is 7.91. The molecule has 23 heavy (non-hydrogen) atoms. The summed E-state index contributed by atoms with van der Waals surface area (Å²) in [6.45, 7) is 2.19. The molecule has 0 heterocycles. The molecule has 0 aliphatic carbocycles. The van der Waals surface area contributed by atoms with Gasteiger partial charge in [-0.25, -0.2) is 0 Å². The van der Waals surface area contributed by atoms with Crippen LogP contribution in [0.1, 0.15) is 37.3 Å². The van der Waals surface area contributed by atoms with Crippen LogP contribution in [0.15, 0.2) is 60.7 Å². The van der Waals surface area contributed by atoms with Crippen molar-refractivity contribution in [3.8, 4) is 6.07 Å². The Kier molecular flexibility index (Phi) is 5.94. The maximum Gasteiger partial charge on any atom is 0.305 e. The van der Waals surface area contributed by atoms with Crippen LogP contribution >= 0.6 is 0 Å². The van der Waals surface area contributed by atoms with Crippen LogP contribution in [0.5, 0.6) is 0 Å². The van der Waals surface area contributed by atoms with Crippen LogP contribution in [-0.2, 0) is 14.9 Å².